The van der Waals surface area contributed by atoms with Gasteiger partial charge in [-0.25, -0.2) is 0 Å². The monoisotopic (exact) mass is 411 g/mol. The molecular formula is C20H14ClN3O3S. The van der Waals surface area contributed by atoms with E-state index in [9.17, 15) is 14.4 Å². The van der Waals surface area contributed by atoms with E-state index < -0.39 is 17.4 Å². The van der Waals surface area contributed by atoms with Crippen LogP contribution in [0.25, 0.3) is 5.69 Å². The Morgan fingerprint density at radius 3 is 2.57 bits per heavy atom. The molecule has 140 valence electrons. The van der Waals surface area contributed by atoms with E-state index in [4.69, 9.17) is 17.3 Å². The van der Waals surface area contributed by atoms with Crippen molar-refractivity contribution in [3.8, 4) is 5.69 Å². The van der Waals surface area contributed by atoms with Crippen molar-refractivity contribution >= 4 is 41.0 Å². The van der Waals surface area contributed by atoms with Crippen molar-refractivity contribution in [1.82, 2.24) is 9.88 Å². The highest BCUT2D eigenvalue weighted by Gasteiger charge is 2.32. The van der Waals surface area contributed by atoms with Gasteiger partial charge in [0.25, 0.3) is 17.4 Å². The molecule has 0 radical (unpaired) electrons. The standard InChI is InChI=1S/C20H14ClN3O3S/c21-12-5-3-4-11(8-12)10-28-15-7-2-1-6-14(15)24-16(25)9-13-17(18(24)22)20(27)23-19(13)26/h1-9H,10,22H2,(H,23,26,27). The number of nitrogen functional groups attached to an aromatic ring is 1. The van der Waals surface area contributed by atoms with Crippen LogP contribution in [0.1, 0.15) is 26.3 Å². The quantitative estimate of drug-likeness (QED) is 0.507. The molecule has 4 rings (SSSR count). The Labute approximate surface area is 169 Å². The van der Waals surface area contributed by atoms with Gasteiger partial charge in [0.2, 0.25) is 0 Å². The number of halogens is 1. The fourth-order valence-corrected chi connectivity index (χ4v) is 4.28. The highest BCUT2D eigenvalue weighted by Crippen LogP contribution is 2.31. The van der Waals surface area contributed by atoms with Gasteiger partial charge in [-0.05, 0) is 29.8 Å². The molecule has 2 amide bonds. The number of nitrogens with zero attached hydrogens (tertiary/aromatic N) is 1. The number of carbonyl (C=O) groups is 2. The molecule has 0 spiro atoms. The summed E-state index contributed by atoms with van der Waals surface area (Å²) < 4.78 is 1.26. The summed E-state index contributed by atoms with van der Waals surface area (Å²) in [6.07, 6.45) is 0. The predicted octanol–water partition coefficient (Wildman–Crippen LogP) is 3.25. The van der Waals surface area contributed by atoms with E-state index in [1.807, 2.05) is 30.3 Å². The number of thioether (sulfide) groups is 1. The number of nitrogens with two attached hydrogens (primary N) is 1. The highest BCUT2D eigenvalue weighted by molar-refractivity contribution is 7.98. The zero-order valence-corrected chi connectivity index (χ0v) is 16.0. The molecule has 0 bridgehead atoms. The van der Waals surface area contributed by atoms with Crippen molar-refractivity contribution in [2.75, 3.05) is 5.73 Å². The number of nitrogens with one attached hydrogen (secondary N) is 1. The van der Waals surface area contributed by atoms with E-state index in [0.29, 0.717) is 16.5 Å². The normalized spacial score (nSPS) is 12.8. The van der Waals surface area contributed by atoms with Gasteiger partial charge in [-0.2, -0.15) is 0 Å². The van der Waals surface area contributed by atoms with Crippen molar-refractivity contribution in [3.05, 3.63) is 86.7 Å². The van der Waals surface area contributed by atoms with E-state index in [1.165, 1.54) is 16.3 Å². The van der Waals surface area contributed by atoms with Crippen molar-refractivity contribution in [3.63, 3.8) is 0 Å². The summed E-state index contributed by atoms with van der Waals surface area (Å²) in [6, 6.07) is 15.9. The molecule has 0 saturated carbocycles. The number of rotatable bonds is 4. The minimum absolute atomic E-state index is 0.00723. The zero-order chi connectivity index (χ0) is 19.8. The van der Waals surface area contributed by atoms with E-state index in [1.54, 1.807) is 18.2 Å². The lowest BCUT2D eigenvalue weighted by atomic mass is 10.1. The number of fused-ring (bicyclic) bond motifs is 1. The number of benzene rings is 2. The summed E-state index contributed by atoms with van der Waals surface area (Å²) in [5.74, 6) is -0.632. The van der Waals surface area contributed by atoms with Crippen molar-refractivity contribution in [2.45, 2.75) is 10.6 Å². The van der Waals surface area contributed by atoms with Gasteiger partial charge >= 0.3 is 0 Å². The summed E-state index contributed by atoms with van der Waals surface area (Å²) >= 11 is 7.55. The van der Waals surface area contributed by atoms with E-state index in [0.717, 1.165) is 16.5 Å². The first kappa shape index (κ1) is 18.3. The van der Waals surface area contributed by atoms with Crippen molar-refractivity contribution in [1.29, 1.82) is 0 Å². The van der Waals surface area contributed by atoms with Crippen LogP contribution in [0.3, 0.4) is 0 Å². The van der Waals surface area contributed by atoms with Crippen LogP contribution in [-0.2, 0) is 5.75 Å². The Morgan fingerprint density at radius 1 is 1.00 bits per heavy atom. The van der Waals surface area contributed by atoms with Crippen molar-refractivity contribution in [2.24, 2.45) is 0 Å². The third-order valence-corrected chi connectivity index (χ3v) is 5.71. The van der Waals surface area contributed by atoms with Gasteiger partial charge in [0, 0.05) is 21.7 Å². The van der Waals surface area contributed by atoms with Crippen LogP contribution in [-0.4, -0.2) is 16.4 Å². The summed E-state index contributed by atoms with van der Waals surface area (Å²) in [5, 5.41) is 2.82. The predicted molar refractivity (Wildman–Crippen MR) is 109 cm³/mol. The van der Waals surface area contributed by atoms with E-state index in [2.05, 4.69) is 5.32 Å². The summed E-state index contributed by atoms with van der Waals surface area (Å²) in [5.41, 5.74) is 7.28. The topological polar surface area (TPSA) is 94.2 Å². The van der Waals surface area contributed by atoms with Gasteiger partial charge in [-0.15, -0.1) is 11.8 Å². The van der Waals surface area contributed by atoms with Gasteiger partial charge in [0.05, 0.1) is 16.8 Å². The molecule has 2 aromatic carbocycles. The van der Waals surface area contributed by atoms with Gasteiger partial charge in [0.1, 0.15) is 5.82 Å². The van der Waals surface area contributed by atoms with Crippen LogP contribution in [0, 0.1) is 0 Å². The second kappa shape index (κ2) is 7.18. The van der Waals surface area contributed by atoms with Crippen LogP contribution >= 0.6 is 23.4 Å². The molecule has 1 aromatic heterocycles. The summed E-state index contributed by atoms with van der Waals surface area (Å²) in [4.78, 5) is 37.4. The minimum atomic E-state index is -0.612. The molecule has 28 heavy (non-hydrogen) atoms. The Hall–Kier alpha value is -3.03. The van der Waals surface area contributed by atoms with Crippen LogP contribution in [0.5, 0.6) is 0 Å². The second-order valence-corrected chi connectivity index (χ2v) is 7.62. The van der Waals surface area contributed by atoms with Gasteiger partial charge < -0.3 is 5.73 Å². The van der Waals surface area contributed by atoms with Crippen LogP contribution in [0.4, 0.5) is 5.82 Å². The lowest BCUT2D eigenvalue weighted by molar-refractivity contribution is 0.0880. The number of hydrogen-bond acceptors (Lipinski definition) is 5. The molecule has 1 aliphatic rings. The zero-order valence-electron chi connectivity index (χ0n) is 14.4. The molecule has 3 aromatic rings. The average Bonchev–Trinajstić information content (AvgIpc) is 2.94. The number of pyridine rings is 1. The maximum Gasteiger partial charge on any atom is 0.262 e. The fraction of sp³-hybridized carbons (Fsp3) is 0.0500. The Bertz CT molecular complexity index is 1190. The number of anilines is 1. The van der Waals surface area contributed by atoms with Gasteiger partial charge in [-0.1, -0.05) is 35.9 Å². The molecule has 0 unspecified atom stereocenters. The molecule has 0 aliphatic carbocycles. The van der Waals surface area contributed by atoms with Gasteiger partial charge in [-0.3, -0.25) is 24.3 Å². The fourth-order valence-electron chi connectivity index (χ4n) is 3.08. The Morgan fingerprint density at radius 2 is 1.79 bits per heavy atom. The third-order valence-electron chi connectivity index (χ3n) is 4.34. The molecule has 2 heterocycles. The molecular weight excluding hydrogens is 398 g/mol. The molecule has 8 heteroatoms. The SMILES string of the molecule is Nc1c2c(cc(=O)n1-c1ccccc1SCc1cccc(Cl)c1)C(=O)NC2=O. The lowest BCUT2D eigenvalue weighted by Crippen LogP contribution is -2.24. The van der Waals surface area contributed by atoms with E-state index >= 15 is 0 Å². The lowest BCUT2D eigenvalue weighted by Gasteiger charge is -2.15. The third kappa shape index (κ3) is 3.19. The maximum absolute atomic E-state index is 12.7. The number of para-hydroxylation sites is 1. The second-order valence-electron chi connectivity index (χ2n) is 6.16. The molecule has 0 atom stereocenters. The van der Waals surface area contributed by atoms with Crippen molar-refractivity contribution < 1.29 is 9.59 Å². The first-order valence-corrected chi connectivity index (χ1v) is 9.70. The smallest absolute Gasteiger partial charge is 0.262 e. The first-order chi connectivity index (χ1) is 13.5. The average molecular weight is 412 g/mol. The first-order valence-electron chi connectivity index (χ1n) is 8.33. The number of aromatic nitrogens is 1. The largest absolute Gasteiger partial charge is 0.384 e. The number of imide groups is 1. The van der Waals surface area contributed by atoms with E-state index in [-0.39, 0.29) is 16.9 Å². The number of hydrogen-bond donors (Lipinski definition) is 2. The van der Waals surface area contributed by atoms with Crippen LogP contribution in [0.2, 0.25) is 5.02 Å². The van der Waals surface area contributed by atoms with Crippen LogP contribution < -0.4 is 16.6 Å². The molecule has 0 saturated heterocycles. The number of amides is 2. The molecule has 0 fully saturated rings. The minimum Gasteiger partial charge on any atom is -0.384 e. The van der Waals surface area contributed by atoms with Crippen LogP contribution in [0.15, 0.2) is 64.3 Å². The maximum atomic E-state index is 12.7. The molecule has 3 N–H and O–H groups in total. The van der Waals surface area contributed by atoms with Gasteiger partial charge in [0.15, 0.2) is 0 Å². The Kier molecular flexibility index (Phi) is 4.70. The molecule has 1 aliphatic heterocycles. The summed E-state index contributed by atoms with van der Waals surface area (Å²) in [7, 11) is 0. The number of carbonyl (C=O) groups excluding carboxylic acids is 2. The summed E-state index contributed by atoms with van der Waals surface area (Å²) in [6.45, 7) is 0. The molecule has 6 nitrogen and oxygen atoms in total. The Balaban J connectivity index is 1.77. The highest BCUT2D eigenvalue weighted by atomic mass is 35.5.